The predicted octanol–water partition coefficient (Wildman–Crippen LogP) is 3.81. The van der Waals surface area contributed by atoms with Crippen molar-refractivity contribution < 1.29 is 0 Å². The van der Waals surface area contributed by atoms with Gasteiger partial charge in [-0.2, -0.15) is 0 Å². The van der Waals surface area contributed by atoms with Gasteiger partial charge in [-0.3, -0.25) is 0 Å². The lowest BCUT2D eigenvalue weighted by Crippen LogP contribution is -2.41. The summed E-state index contributed by atoms with van der Waals surface area (Å²) >= 11 is 0. The number of hydrogen-bond donors (Lipinski definition) is 1. The monoisotopic (exact) mass is 266 g/mol. The van der Waals surface area contributed by atoms with Crippen LogP contribution in [-0.4, -0.2) is 36.6 Å². The van der Waals surface area contributed by atoms with Gasteiger partial charge in [-0.25, -0.2) is 0 Å². The van der Waals surface area contributed by atoms with Crippen LogP contribution in [0.4, 0.5) is 0 Å². The molecule has 0 bridgehead atoms. The zero-order chi connectivity index (χ0) is 13.5. The minimum atomic E-state index is 0.779. The molecule has 2 nitrogen and oxygen atoms in total. The van der Waals surface area contributed by atoms with Gasteiger partial charge in [0.25, 0.3) is 0 Å². The van der Waals surface area contributed by atoms with Crippen molar-refractivity contribution in [3.8, 4) is 0 Å². The summed E-state index contributed by atoms with van der Waals surface area (Å²) in [6.07, 6.45) is 12.7. The van der Waals surface area contributed by atoms with Crippen molar-refractivity contribution in [3.63, 3.8) is 0 Å². The Morgan fingerprint density at radius 1 is 1.00 bits per heavy atom. The lowest BCUT2D eigenvalue weighted by atomic mass is 9.85. The maximum atomic E-state index is 3.93. The normalized spacial score (nSPS) is 30.8. The first-order valence-corrected chi connectivity index (χ1v) is 8.81. The van der Waals surface area contributed by atoms with Crippen LogP contribution < -0.4 is 5.32 Å². The molecule has 3 atom stereocenters. The minimum Gasteiger partial charge on any atom is -0.310 e. The molecule has 1 saturated heterocycles. The van der Waals surface area contributed by atoms with Crippen LogP contribution >= 0.6 is 0 Å². The van der Waals surface area contributed by atoms with Gasteiger partial charge < -0.3 is 10.2 Å². The Morgan fingerprint density at radius 3 is 2.32 bits per heavy atom. The Bertz CT molecular complexity index is 219. The molecule has 0 amide bonds. The Hall–Kier alpha value is -0.0800. The molecule has 0 spiro atoms. The Kier molecular flexibility index (Phi) is 6.66. The molecule has 3 unspecified atom stereocenters. The van der Waals surface area contributed by atoms with Crippen LogP contribution in [0.25, 0.3) is 0 Å². The summed E-state index contributed by atoms with van der Waals surface area (Å²) < 4.78 is 0. The summed E-state index contributed by atoms with van der Waals surface area (Å²) in [6, 6.07) is 1.64. The second-order valence-electron chi connectivity index (χ2n) is 6.76. The fourth-order valence-electron chi connectivity index (χ4n) is 3.94. The first-order chi connectivity index (χ1) is 9.33. The fourth-order valence-corrected chi connectivity index (χ4v) is 3.94. The summed E-state index contributed by atoms with van der Waals surface area (Å²) in [5.41, 5.74) is 0. The van der Waals surface area contributed by atoms with Crippen molar-refractivity contribution in [1.82, 2.24) is 10.2 Å². The van der Waals surface area contributed by atoms with E-state index in [2.05, 4.69) is 24.1 Å². The first kappa shape index (κ1) is 15.3. The van der Waals surface area contributed by atoms with Crippen molar-refractivity contribution >= 4 is 0 Å². The third-order valence-corrected chi connectivity index (χ3v) is 5.08. The van der Waals surface area contributed by atoms with Crippen LogP contribution in [0, 0.1) is 5.92 Å². The maximum absolute atomic E-state index is 3.93. The molecule has 1 heterocycles. The van der Waals surface area contributed by atoms with Gasteiger partial charge in [0.2, 0.25) is 0 Å². The number of nitrogens with zero attached hydrogens (tertiary/aromatic N) is 1. The van der Waals surface area contributed by atoms with E-state index in [1.807, 2.05) is 0 Å². The van der Waals surface area contributed by atoms with E-state index in [0.717, 1.165) is 18.0 Å². The van der Waals surface area contributed by atoms with E-state index in [9.17, 15) is 0 Å². The molecule has 2 aliphatic rings. The highest BCUT2D eigenvalue weighted by Gasteiger charge is 2.35. The second kappa shape index (κ2) is 8.26. The molecule has 1 aliphatic heterocycles. The molecular weight excluding hydrogens is 232 g/mol. The van der Waals surface area contributed by atoms with Gasteiger partial charge in [0.1, 0.15) is 0 Å². The van der Waals surface area contributed by atoms with Crippen LogP contribution in [0.2, 0.25) is 0 Å². The highest BCUT2D eigenvalue weighted by molar-refractivity contribution is 4.93. The van der Waals surface area contributed by atoms with E-state index in [4.69, 9.17) is 0 Å². The summed E-state index contributed by atoms with van der Waals surface area (Å²) in [4.78, 5) is 2.72. The maximum Gasteiger partial charge on any atom is 0.0200 e. The highest BCUT2D eigenvalue weighted by Crippen LogP contribution is 2.33. The van der Waals surface area contributed by atoms with Gasteiger partial charge in [-0.05, 0) is 51.1 Å². The largest absolute Gasteiger partial charge is 0.310 e. The fraction of sp³-hybridized carbons (Fsp3) is 1.00. The Morgan fingerprint density at radius 2 is 1.68 bits per heavy atom. The van der Waals surface area contributed by atoms with Crippen molar-refractivity contribution in [3.05, 3.63) is 0 Å². The Labute approximate surface area is 120 Å². The molecule has 2 heteroatoms. The number of rotatable bonds is 8. The third kappa shape index (κ3) is 4.75. The zero-order valence-electron chi connectivity index (χ0n) is 13.2. The molecule has 0 aromatic rings. The molecule has 0 aromatic heterocycles. The molecule has 19 heavy (non-hydrogen) atoms. The molecule has 1 aliphatic carbocycles. The SMILES string of the molecule is CCCCN(CCCC)CC1CC2CCCCC2N1. The standard InChI is InChI=1S/C17H34N2/c1-3-5-11-19(12-6-4-2)14-16-13-15-9-7-8-10-17(15)18-16/h15-18H,3-14H2,1-2H3. The van der Waals surface area contributed by atoms with E-state index in [0.29, 0.717) is 0 Å². The molecule has 2 rings (SSSR count). The van der Waals surface area contributed by atoms with Crippen molar-refractivity contribution in [1.29, 1.82) is 0 Å². The lowest BCUT2D eigenvalue weighted by molar-refractivity contribution is 0.239. The van der Waals surface area contributed by atoms with Crippen LogP contribution in [0.3, 0.4) is 0 Å². The van der Waals surface area contributed by atoms with Crippen LogP contribution in [0.15, 0.2) is 0 Å². The second-order valence-corrected chi connectivity index (χ2v) is 6.76. The van der Waals surface area contributed by atoms with Gasteiger partial charge in [0, 0.05) is 18.6 Å². The smallest absolute Gasteiger partial charge is 0.0200 e. The van der Waals surface area contributed by atoms with E-state index < -0.39 is 0 Å². The molecular formula is C17H34N2. The van der Waals surface area contributed by atoms with E-state index in [1.54, 1.807) is 0 Å². The Balaban J connectivity index is 1.76. The molecule has 0 radical (unpaired) electrons. The molecule has 1 saturated carbocycles. The van der Waals surface area contributed by atoms with Gasteiger partial charge >= 0.3 is 0 Å². The molecule has 2 fully saturated rings. The number of unbranched alkanes of at least 4 members (excludes halogenated alkanes) is 2. The molecule has 112 valence electrons. The quantitative estimate of drug-likeness (QED) is 0.718. The van der Waals surface area contributed by atoms with Gasteiger partial charge in [0.05, 0.1) is 0 Å². The van der Waals surface area contributed by atoms with Crippen LogP contribution in [0.1, 0.15) is 71.6 Å². The van der Waals surface area contributed by atoms with E-state index in [1.165, 1.54) is 77.4 Å². The first-order valence-electron chi connectivity index (χ1n) is 8.81. The van der Waals surface area contributed by atoms with Gasteiger partial charge in [-0.15, -0.1) is 0 Å². The summed E-state index contributed by atoms with van der Waals surface area (Å²) in [5.74, 6) is 0.998. The van der Waals surface area contributed by atoms with Gasteiger partial charge in [0.15, 0.2) is 0 Å². The van der Waals surface area contributed by atoms with E-state index >= 15 is 0 Å². The van der Waals surface area contributed by atoms with Crippen LogP contribution in [0.5, 0.6) is 0 Å². The number of hydrogen-bond acceptors (Lipinski definition) is 2. The van der Waals surface area contributed by atoms with E-state index in [-0.39, 0.29) is 0 Å². The summed E-state index contributed by atoms with van der Waals surface area (Å²) in [6.45, 7) is 8.53. The van der Waals surface area contributed by atoms with Crippen molar-refractivity contribution in [2.24, 2.45) is 5.92 Å². The predicted molar refractivity (Wildman–Crippen MR) is 83.5 cm³/mol. The summed E-state index contributed by atoms with van der Waals surface area (Å²) in [7, 11) is 0. The molecule has 0 aromatic carbocycles. The topological polar surface area (TPSA) is 15.3 Å². The highest BCUT2D eigenvalue weighted by atomic mass is 15.2. The summed E-state index contributed by atoms with van der Waals surface area (Å²) in [5, 5.41) is 3.93. The average Bonchev–Trinajstić information content (AvgIpc) is 2.84. The lowest BCUT2D eigenvalue weighted by Gasteiger charge is -2.26. The number of fused-ring (bicyclic) bond motifs is 1. The third-order valence-electron chi connectivity index (χ3n) is 5.08. The average molecular weight is 266 g/mol. The zero-order valence-corrected chi connectivity index (χ0v) is 13.2. The van der Waals surface area contributed by atoms with Crippen molar-refractivity contribution in [2.75, 3.05) is 19.6 Å². The van der Waals surface area contributed by atoms with Crippen LogP contribution in [-0.2, 0) is 0 Å². The molecule has 1 N–H and O–H groups in total. The number of nitrogens with one attached hydrogen (secondary N) is 1. The minimum absolute atomic E-state index is 0.779. The van der Waals surface area contributed by atoms with Gasteiger partial charge in [-0.1, -0.05) is 39.5 Å². The van der Waals surface area contributed by atoms with Crippen molar-refractivity contribution in [2.45, 2.75) is 83.7 Å².